The van der Waals surface area contributed by atoms with Crippen LogP contribution < -0.4 is 11.1 Å². The molecule has 0 aliphatic rings. The number of benzene rings is 2. The van der Waals surface area contributed by atoms with E-state index in [2.05, 4.69) is 47.6 Å². The number of aryl methyl sites for hydroxylation is 2. The first-order valence-electron chi connectivity index (χ1n) is 9.24. The predicted octanol–water partition coefficient (Wildman–Crippen LogP) is 3.85. The molecule has 0 aliphatic carbocycles. The molecular formula is C23H25N3O2. The number of hydrogen-bond donors (Lipinski definition) is 3. The van der Waals surface area contributed by atoms with E-state index >= 15 is 0 Å². The fourth-order valence-corrected chi connectivity index (χ4v) is 3.28. The highest BCUT2D eigenvalue weighted by Gasteiger charge is 2.14. The zero-order chi connectivity index (χ0) is 20.4. The maximum absolute atomic E-state index is 12.3. The second-order valence-electron chi connectivity index (χ2n) is 7.19. The van der Waals surface area contributed by atoms with Gasteiger partial charge in [0.25, 0.3) is 0 Å². The standard InChI is InChI=1S/C23H25N3O2/c1-13-12-20(18-6-5-7-21-19(18)8-9-25-21)14(2)10-17(13)11-15(3)23(28)26-16(4)22(24)27/h5-12,16,25H,1-4H3,(H2,24,27)(H,26,28)/t16-/m1/s1. The lowest BCUT2D eigenvalue weighted by molar-refractivity contribution is -0.124. The third-order valence-electron chi connectivity index (χ3n) is 5.00. The van der Waals surface area contributed by atoms with Crippen molar-refractivity contribution in [1.82, 2.24) is 10.3 Å². The molecular weight excluding hydrogens is 350 g/mol. The van der Waals surface area contributed by atoms with Crippen molar-refractivity contribution in [2.45, 2.75) is 33.7 Å². The summed E-state index contributed by atoms with van der Waals surface area (Å²) in [7, 11) is 0. The Kier molecular flexibility index (Phi) is 5.36. The van der Waals surface area contributed by atoms with Crippen LogP contribution in [0.3, 0.4) is 0 Å². The fourth-order valence-electron chi connectivity index (χ4n) is 3.28. The highest BCUT2D eigenvalue weighted by molar-refractivity contribution is 6.00. The van der Waals surface area contributed by atoms with Gasteiger partial charge in [0.2, 0.25) is 11.8 Å². The number of carbonyl (C=O) groups is 2. The summed E-state index contributed by atoms with van der Waals surface area (Å²) in [6.07, 6.45) is 3.79. The number of carbonyl (C=O) groups excluding carboxylic acids is 2. The maximum Gasteiger partial charge on any atom is 0.247 e. The van der Waals surface area contributed by atoms with Crippen molar-refractivity contribution in [2.24, 2.45) is 5.73 Å². The summed E-state index contributed by atoms with van der Waals surface area (Å²) in [5.74, 6) is -0.860. The van der Waals surface area contributed by atoms with Crippen molar-refractivity contribution in [3.63, 3.8) is 0 Å². The maximum atomic E-state index is 12.3. The zero-order valence-corrected chi connectivity index (χ0v) is 16.6. The molecule has 144 valence electrons. The number of nitrogens with two attached hydrogens (primary N) is 1. The Balaban J connectivity index is 1.95. The summed E-state index contributed by atoms with van der Waals surface area (Å²) in [4.78, 5) is 26.7. The van der Waals surface area contributed by atoms with Crippen LogP contribution in [0.2, 0.25) is 0 Å². The van der Waals surface area contributed by atoms with Crippen LogP contribution in [0.25, 0.3) is 28.1 Å². The molecule has 0 bridgehead atoms. The molecule has 0 fully saturated rings. The molecule has 0 radical (unpaired) electrons. The van der Waals surface area contributed by atoms with Gasteiger partial charge in [-0.3, -0.25) is 9.59 Å². The van der Waals surface area contributed by atoms with Gasteiger partial charge >= 0.3 is 0 Å². The van der Waals surface area contributed by atoms with Gasteiger partial charge in [0, 0.05) is 22.7 Å². The summed E-state index contributed by atoms with van der Waals surface area (Å²) < 4.78 is 0. The molecule has 1 heterocycles. The highest BCUT2D eigenvalue weighted by atomic mass is 16.2. The van der Waals surface area contributed by atoms with E-state index in [0.717, 1.165) is 22.2 Å². The van der Waals surface area contributed by atoms with Crippen molar-refractivity contribution < 1.29 is 9.59 Å². The molecule has 28 heavy (non-hydrogen) atoms. The number of rotatable bonds is 5. The minimum Gasteiger partial charge on any atom is -0.368 e. The Labute approximate surface area is 164 Å². The van der Waals surface area contributed by atoms with Gasteiger partial charge in [-0.05, 0) is 73.7 Å². The molecule has 0 unspecified atom stereocenters. The summed E-state index contributed by atoms with van der Waals surface area (Å²) in [5.41, 5.74) is 12.4. The zero-order valence-electron chi connectivity index (χ0n) is 16.6. The number of primary amides is 1. The van der Waals surface area contributed by atoms with Crippen LogP contribution in [0.5, 0.6) is 0 Å². The van der Waals surface area contributed by atoms with Crippen LogP contribution >= 0.6 is 0 Å². The first kappa shape index (κ1) is 19.4. The molecule has 0 spiro atoms. The van der Waals surface area contributed by atoms with Gasteiger partial charge in [0.1, 0.15) is 6.04 Å². The van der Waals surface area contributed by atoms with Gasteiger partial charge in [-0.15, -0.1) is 0 Å². The second kappa shape index (κ2) is 7.72. The molecule has 5 nitrogen and oxygen atoms in total. The Bertz CT molecular complexity index is 1090. The van der Waals surface area contributed by atoms with Crippen LogP contribution in [0.15, 0.2) is 48.2 Å². The lowest BCUT2D eigenvalue weighted by atomic mass is 9.92. The van der Waals surface area contributed by atoms with E-state index in [9.17, 15) is 9.59 Å². The monoisotopic (exact) mass is 375 g/mol. The van der Waals surface area contributed by atoms with Gasteiger partial charge in [0.15, 0.2) is 0 Å². The Hall–Kier alpha value is -3.34. The van der Waals surface area contributed by atoms with Crippen molar-refractivity contribution in [1.29, 1.82) is 0 Å². The largest absolute Gasteiger partial charge is 0.368 e. The molecule has 0 saturated carbocycles. The normalized spacial score (nSPS) is 12.8. The molecule has 5 heteroatoms. The van der Waals surface area contributed by atoms with Gasteiger partial charge in [-0.25, -0.2) is 0 Å². The molecule has 1 aromatic heterocycles. The van der Waals surface area contributed by atoms with E-state index in [-0.39, 0.29) is 5.91 Å². The van der Waals surface area contributed by atoms with Crippen LogP contribution in [0.1, 0.15) is 30.5 Å². The van der Waals surface area contributed by atoms with Crippen LogP contribution in [0, 0.1) is 13.8 Å². The molecule has 1 atom stereocenters. The van der Waals surface area contributed by atoms with Crippen molar-refractivity contribution >= 4 is 28.8 Å². The third kappa shape index (κ3) is 3.83. The van der Waals surface area contributed by atoms with Crippen LogP contribution in [-0.4, -0.2) is 22.8 Å². The smallest absolute Gasteiger partial charge is 0.247 e. The fraction of sp³-hybridized carbons (Fsp3) is 0.217. The molecule has 2 aromatic carbocycles. The van der Waals surface area contributed by atoms with Gasteiger partial charge in [0.05, 0.1) is 0 Å². The van der Waals surface area contributed by atoms with Gasteiger partial charge in [-0.2, -0.15) is 0 Å². The molecule has 0 aliphatic heterocycles. The predicted molar refractivity (Wildman–Crippen MR) is 114 cm³/mol. The van der Waals surface area contributed by atoms with Crippen molar-refractivity contribution in [3.8, 4) is 11.1 Å². The number of aromatic amines is 1. The lowest BCUT2D eigenvalue weighted by Gasteiger charge is -2.13. The Morgan fingerprint density at radius 1 is 1.11 bits per heavy atom. The van der Waals surface area contributed by atoms with Crippen molar-refractivity contribution in [2.75, 3.05) is 0 Å². The lowest BCUT2D eigenvalue weighted by Crippen LogP contribution is -2.42. The second-order valence-corrected chi connectivity index (χ2v) is 7.19. The van der Waals surface area contributed by atoms with Crippen LogP contribution in [0.4, 0.5) is 0 Å². The topological polar surface area (TPSA) is 88.0 Å². The minimum absolute atomic E-state index is 0.301. The minimum atomic E-state index is -0.706. The summed E-state index contributed by atoms with van der Waals surface area (Å²) >= 11 is 0. The van der Waals surface area contributed by atoms with E-state index < -0.39 is 11.9 Å². The van der Waals surface area contributed by atoms with Gasteiger partial charge in [-0.1, -0.05) is 24.3 Å². The molecule has 2 amide bonds. The number of nitrogens with one attached hydrogen (secondary N) is 2. The number of aromatic nitrogens is 1. The number of hydrogen-bond acceptors (Lipinski definition) is 2. The molecule has 3 aromatic rings. The van der Waals surface area contributed by atoms with Gasteiger partial charge < -0.3 is 16.0 Å². The number of H-pyrrole nitrogens is 1. The highest BCUT2D eigenvalue weighted by Crippen LogP contribution is 2.32. The van der Waals surface area contributed by atoms with E-state index in [1.807, 2.05) is 25.3 Å². The summed E-state index contributed by atoms with van der Waals surface area (Å²) in [5, 5.41) is 3.79. The van der Waals surface area contributed by atoms with E-state index in [1.165, 1.54) is 16.5 Å². The van der Waals surface area contributed by atoms with E-state index in [0.29, 0.717) is 5.57 Å². The Morgan fingerprint density at radius 2 is 1.86 bits per heavy atom. The molecule has 0 saturated heterocycles. The van der Waals surface area contributed by atoms with E-state index in [1.54, 1.807) is 13.8 Å². The summed E-state index contributed by atoms with van der Waals surface area (Å²) in [6, 6.07) is 11.9. The average molecular weight is 375 g/mol. The average Bonchev–Trinajstić information content (AvgIpc) is 3.13. The number of amides is 2. The van der Waals surface area contributed by atoms with Crippen molar-refractivity contribution in [3.05, 3.63) is 64.9 Å². The summed E-state index contributed by atoms with van der Waals surface area (Å²) in [6.45, 7) is 7.40. The van der Waals surface area contributed by atoms with E-state index in [4.69, 9.17) is 5.73 Å². The number of fused-ring (bicyclic) bond motifs is 1. The quantitative estimate of drug-likeness (QED) is 0.592. The molecule has 4 N–H and O–H groups in total. The third-order valence-corrected chi connectivity index (χ3v) is 5.00. The first-order valence-corrected chi connectivity index (χ1v) is 9.24. The molecule has 3 rings (SSSR count). The Morgan fingerprint density at radius 3 is 2.57 bits per heavy atom. The SMILES string of the molecule is CC(=Cc1cc(C)c(-c2cccc3[nH]ccc23)cc1C)C(=O)N[C@H](C)C(N)=O. The first-order chi connectivity index (χ1) is 13.3. The van der Waals surface area contributed by atoms with Crippen LogP contribution in [-0.2, 0) is 9.59 Å².